The number of methoxy groups -OCH3 is 1. The van der Waals surface area contributed by atoms with E-state index in [0.29, 0.717) is 0 Å². The number of nitrogens with one attached hydrogen (secondary N) is 1. The van der Waals surface area contributed by atoms with Crippen molar-refractivity contribution in [1.29, 1.82) is 0 Å². The predicted octanol–water partition coefficient (Wildman–Crippen LogP) is 2.08. The van der Waals surface area contributed by atoms with Gasteiger partial charge in [0.2, 0.25) is 0 Å². The van der Waals surface area contributed by atoms with Gasteiger partial charge in [-0.05, 0) is 45.7 Å². The molecule has 0 aromatic rings. The van der Waals surface area contributed by atoms with E-state index in [4.69, 9.17) is 4.74 Å². The third-order valence-electron chi connectivity index (χ3n) is 3.05. The number of hydrogen-bond acceptors (Lipinski definition) is 4. The number of hydrogen-bond donors (Lipinski definition) is 1. The average molecular weight is 262 g/mol. The molecule has 1 atom stereocenters. The van der Waals surface area contributed by atoms with E-state index in [1.807, 2.05) is 11.8 Å². The van der Waals surface area contributed by atoms with Crippen LogP contribution in [0.1, 0.15) is 26.2 Å². The summed E-state index contributed by atoms with van der Waals surface area (Å²) in [4.78, 5) is 2.51. The maximum Gasteiger partial charge on any atom is 0.0587 e. The first-order valence-electron chi connectivity index (χ1n) is 6.65. The van der Waals surface area contributed by atoms with Gasteiger partial charge in [0.1, 0.15) is 0 Å². The molecular formula is C13H30N2OS. The summed E-state index contributed by atoms with van der Waals surface area (Å²) in [6.45, 7) is 6.38. The topological polar surface area (TPSA) is 24.5 Å². The second-order valence-electron chi connectivity index (χ2n) is 4.45. The molecule has 3 nitrogen and oxygen atoms in total. The second kappa shape index (κ2) is 12.7. The number of thioether (sulfide) groups is 1. The van der Waals surface area contributed by atoms with Gasteiger partial charge in [0.15, 0.2) is 0 Å². The standard InChI is InChI=1S/C13H30N2OS/c1-5-13(12-17-4)15(2)10-7-6-8-14-9-11-16-3/h13-14H,5-12H2,1-4H3. The zero-order chi connectivity index (χ0) is 12.9. The zero-order valence-corrected chi connectivity index (χ0v) is 12.8. The van der Waals surface area contributed by atoms with E-state index in [2.05, 4.69) is 30.4 Å². The molecule has 0 aliphatic rings. The molecule has 0 amide bonds. The first-order chi connectivity index (χ1) is 8.26. The Morgan fingerprint density at radius 3 is 2.65 bits per heavy atom. The monoisotopic (exact) mass is 262 g/mol. The molecule has 0 saturated carbocycles. The molecule has 0 rings (SSSR count). The molecule has 0 fully saturated rings. The molecule has 1 N–H and O–H groups in total. The van der Waals surface area contributed by atoms with E-state index in [-0.39, 0.29) is 0 Å². The molecule has 0 saturated heterocycles. The zero-order valence-electron chi connectivity index (χ0n) is 12.0. The van der Waals surface area contributed by atoms with E-state index < -0.39 is 0 Å². The van der Waals surface area contributed by atoms with Gasteiger partial charge in [-0.15, -0.1) is 0 Å². The summed E-state index contributed by atoms with van der Waals surface area (Å²) in [5, 5.41) is 3.38. The first kappa shape index (κ1) is 17.2. The molecule has 0 aliphatic carbocycles. The van der Waals surface area contributed by atoms with Crippen LogP contribution in [0.2, 0.25) is 0 Å². The van der Waals surface area contributed by atoms with Crippen LogP contribution in [0.25, 0.3) is 0 Å². The van der Waals surface area contributed by atoms with Crippen LogP contribution in [-0.4, -0.2) is 63.3 Å². The molecule has 1 unspecified atom stereocenters. The van der Waals surface area contributed by atoms with Gasteiger partial charge in [0, 0.05) is 25.4 Å². The quantitative estimate of drug-likeness (QED) is 0.544. The van der Waals surface area contributed by atoms with Crippen molar-refractivity contribution in [2.75, 3.05) is 52.4 Å². The number of nitrogens with zero attached hydrogens (tertiary/aromatic N) is 1. The first-order valence-corrected chi connectivity index (χ1v) is 8.04. The Morgan fingerprint density at radius 2 is 2.06 bits per heavy atom. The maximum absolute atomic E-state index is 4.99. The lowest BCUT2D eigenvalue weighted by atomic mass is 10.2. The highest BCUT2D eigenvalue weighted by Crippen LogP contribution is 2.08. The van der Waals surface area contributed by atoms with Crippen LogP contribution in [0, 0.1) is 0 Å². The average Bonchev–Trinajstić information content (AvgIpc) is 2.34. The molecule has 0 aliphatic heterocycles. The number of unbranched alkanes of at least 4 members (excludes halogenated alkanes) is 1. The maximum atomic E-state index is 4.99. The van der Waals surface area contributed by atoms with E-state index >= 15 is 0 Å². The van der Waals surface area contributed by atoms with Crippen LogP contribution in [0.4, 0.5) is 0 Å². The predicted molar refractivity (Wildman–Crippen MR) is 79.1 cm³/mol. The summed E-state index contributed by atoms with van der Waals surface area (Å²) < 4.78 is 4.99. The van der Waals surface area contributed by atoms with Crippen molar-refractivity contribution in [3.63, 3.8) is 0 Å². The van der Waals surface area contributed by atoms with Gasteiger partial charge in [0.25, 0.3) is 0 Å². The Kier molecular flexibility index (Phi) is 12.9. The number of ether oxygens (including phenoxy) is 1. The molecular weight excluding hydrogens is 232 g/mol. The molecule has 0 aromatic heterocycles. The highest BCUT2D eigenvalue weighted by atomic mass is 32.2. The molecule has 0 spiro atoms. The molecule has 4 heteroatoms. The molecule has 0 bridgehead atoms. The van der Waals surface area contributed by atoms with E-state index in [9.17, 15) is 0 Å². The van der Waals surface area contributed by atoms with Crippen LogP contribution in [0.3, 0.4) is 0 Å². The number of rotatable bonds is 12. The SMILES string of the molecule is CCC(CSC)N(C)CCCCNCCOC. The second-order valence-corrected chi connectivity index (χ2v) is 5.36. The van der Waals surface area contributed by atoms with Crippen LogP contribution < -0.4 is 5.32 Å². The third kappa shape index (κ3) is 9.89. The normalized spacial score (nSPS) is 13.2. The summed E-state index contributed by atoms with van der Waals surface area (Å²) in [6.07, 6.45) is 5.98. The molecule has 0 radical (unpaired) electrons. The molecule has 0 aromatic carbocycles. The minimum absolute atomic E-state index is 0.742. The van der Waals surface area contributed by atoms with Gasteiger partial charge in [-0.1, -0.05) is 6.92 Å². The largest absolute Gasteiger partial charge is 0.383 e. The van der Waals surface area contributed by atoms with Crippen molar-refractivity contribution in [3.8, 4) is 0 Å². The molecule has 0 heterocycles. The molecule has 104 valence electrons. The highest BCUT2D eigenvalue weighted by Gasteiger charge is 2.10. The van der Waals surface area contributed by atoms with E-state index in [1.54, 1.807) is 7.11 Å². The Balaban J connectivity index is 3.39. The summed E-state index contributed by atoms with van der Waals surface area (Å²) >= 11 is 1.95. The highest BCUT2D eigenvalue weighted by molar-refractivity contribution is 7.98. The Bertz CT molecular complexity index is 158. The minimum atomic E-state index is 0.742. The fourth-order valence-corrected chi connectivity index (χ4v) is 2.72. The smallest absolute Gasteiger partial charge is 0.0587 e. The van der Waals surface area contributed by atoms with Crippen molar-refractivity contribution < 1.29 is 4.74 Å². The summed E-state index contributed by atoms with van der Waals surface area (Å²) in [7, 11) is 4.00. The van der Waals surface area contributed by atoms with Gasteiger partial charge in [0.05, 0.1) is 6.61 Å². The van der Waals surface area contributed by atoms with Crippen molar-refractivity contribution in [3.05, 3.63) is 0 Å². The van der Waals surface area contributed by atoms with Gasteiger partial charge in [-0.2, -0.15) is 11.8 Å². The lowest BCUT2D eigenvalue weighted by Crippen LogP contribution is -2.34. The Labute approximate surface area is 112 Å². The summed E-state index contributed by atoms with van der Waals surface area (Å²) in [5.74, 6) is 1.25. The Morgan fingerprint density at radius 1 is 1.29 bits per heavy atom. The van der Waals surface area contributed by atoms with Gasteiger partial charge >= 0.3 is 0 Å². The van der Waals surface area contributed by atoms with Crippen LogP contribution in [-0.2, 0) is 4.74 Å². The van der Waals surface area contributed by atoms with E-state index in [0.717, 1.165) is 25.7 Å². The third-order valence-corrected chi connectivity index (χ3v) is 3.77. The lowest BCUT2D eigenvalue weighted by Gasteiger charge is -2.26. The summed E-state index contributed by atoms with van der Waals surface area (Å²) in [5.41, 5.74) is 0. The van der Waals surface area contributed by atoms with Crippen LogP contribution >= 0.6 is 11.8 Å². The summed E-state index contributed by atoms with van der Waals surface area (Å²) in [6, 6.07) is 0.742. The van der Waals surface area contributed by atoms with Crippen molar-refractivity contribution in [1.82, 2.24) is 10.2 Å². The van der Waals surface area contributed by atoms with Crippen LogP contribution in [0.5, 0.6) is 0 Å². The fourth-order valence-electron chi connectivity index (χ4n) is 1.84. The lowest BCUT2D eigenvalue weighted by molar-refractivity contribution is 0.199. The van der Waals surface area contributed by atoms with Gasteiger partial charge in [-0.25, -0.2) is 0 Å². The van der Waals surface area contributed by atoms with Crippen molar-refractivity contribution in [2.24, 2.45) is 0 Å². The van der Waals surface area contributed by atoms with Crippen molar-refractivity contribution >= 4 is 11.8 Å². The van der Waals surface area contributed by atoms with Crippen LogP contribution in [0.15, 0.2) is 0 Å². The minimum Gasteiger partial charge on any atom is -0.383 e. The van der Waals surface area contributed by atoms with Crippen molar-refractivity contribution in [2.45, 2.75) is 32.2 Å². The van der Waals surface area contributed by atoms with E-state index in [1.165, 1.54) is 31.6 Å². The van der Waals surface area contributed by atoms with Gasteiger partial charge in [-0.3, -0.25) is 0 Å². The molecule has 17 heavy (non-hydrogen) atoms. The fraction of sp³-hybridized carbons (Fsp3) is 1.00. The van der Waals surface area contributed by atoms with Gasteiger partial charge < -0.3 is 15.0 Å². The Hall–Kier alpha value is 0.230.